The summed E-state index contributed by atoms with van der Waals surface area (Å²) in [7, 11) is 0. The van der Waals surface area contributed by atoms with Crippen molar-refractivity contribution in [2.75, 3.05) is 6.61 Å². The summed E-state index contributed by atoms with van der Waals surface area (Å²) in [5, 5.41) is 0. The van der Waals surface area contributed by atoms with Gasteiger partial charge in [0.05, 0.1) is 25.0 Å². The number of rotatable bonds is 6. The topological polar surface area (TPSA) is 55.9 Å². The van der Waals surface area contributed by atoms with E-state index in [1.807, 2.05) is 32.9 Å². The molecule has 2 fully saturated rings. The van der Waals surface area contributed by atoms with E-state index in [2.05, 4.69) is 19.9 Å². The van der Waals surface area contributed by atoms with Crippen LogP contribution in [0.2, 0.25) is 0 Å². The fraction of sp³-hybridized carbons (Fsp3) is 0.619. The molecule has 25 heavy (non-hydrogen) atoms. The van der Waals surface area contributed by atoms with Crippen molar-refractivity contribution in [2.24, 2.45) is 17.3 Å². The van der Waals surface area contributed by atoms with Crippen molar-refractivity contribution in [2.45, 2.75) is 59.7 Å². The molecule has 136 valence electrons. The Morgan fingerprint density at radius 1 is 1.36 bits per heavy atom. The van der Waals surface area contributed by atoms with Crippen molar-refractivity contribution in [3.63, 3.8) is 0 Å². The van der Waals surface area contributed by atoms with E-state index in [4.69, 9.17) is 9.47 Å². The molecule has 4 atom stereocenters. The van der Waals surface area contributed by atoms with Crippen LogP contribution in [0.5, 0.6) is 0 Å². The summed E-state index contributed by atoms with van der Waals surface area (Å²) >= 11 is 0. The van der Waals surface area contributed by atoms with E-state index < -0.39 is 6.10 Å². The molecule has 4 nitrogen and oxygen atoms in total. The first kappa shape index (κ1) is 18.1. The van der Waals surface area contributed by atoms with Crippen molar-refractivity contribution in [3.05, 3.63) is 34.9 Å². The summed E-state index contributed by atoms with van der Waals surface area (Å²) in [4.78, 5) is 24.9. The van der Waals surface area contributed by atoms with E-state index in [0.29, 0.717) is 6.42 Å². The normalized spacial score (nSPS) is 32.9. The van der Waals surface area contributed by atoms with E-state index in [1.54, 1.807) is 0 Å². The number of hydrogen-bond donors (Lipinski definition) is 0. The van der Waals surface area contributed by atoms with Gasteiger partial charge in [-0.15, -0.1) is 0 Å². The van der Waals surface area contributed by atoms with Crippen LogP contribution in [-0.2, 0) is 19.1 Å². The SMILES string of the molecule is CC(C)=C[C@@H]1[C@@H](C(=O)O[C@H]2CC(=O)C(C/C=C/[C@@H]3CO3)=C2C)C1(C)C. The van der Waals surface area contributed by atoms with Gasteiger partial charge in [0.25, 0.3) is 0 Å². The molecule has 0 N–H and O–H groups in total. The van der Waals surface area contributed by atoms with Crippen molar-refractivity contribution in [1.29, 1.82) is 0 Å². The Hall–Kier alpha value is -1.68. The Morgan fingerprint density at radius 3 is 2.64 bits per heavy atom. The molecule has 3 rings (SSSR count). The second-order valence-electron chi connectivity index (χ2n) is 8.29. The predicted molar refractivity (Wildman–Crippen MR) is 95.9 cm³/mol. The summed E-state index contributed by atoms with van der Waals surface area (Å²) in [6.07, 6.45) is 6.82. The molecule has 1 saturated carbocycles. The number of Topliss-reactive ketones (excluding diaryl/α,β-unsaturated/α-hetero) is 1. The molecule has 1 saturated heterocycles. The third-order valence-electron chi connectivity index (χ3n) is 5.63. The van der Waals surface area contributed by atoms with Crippen molar-refractivity contribution in [1.82, 2.24) is 0 Å². The lowest BCUT2D eigenvalue weighted by Gasteiger charge is -2.13. The van der Waals surface area contributed by atoms with Crippen molar-refractivity contribution < 1.29 is 19.1 Å². The third-order valence-corrected chi connectivity index (χ3v) is 5.63. The van der Waals surface area contributed by atoms with E-state index in [-0.39, 0.29) is 41.5 Å². The number of esters is 1. The highest BCUT2D eigenvalue weighted by molar-refractivity contribution is 6.00. The van der Waals surface area contributed by atoms with Gasteiger partial charge < -0.3 is 9.47 Å². The van der Waals surface area contributed by atoms with Gasteiger partial charge in [-0.3, -0.25) is 9.59 Å². The van der Waals surface area contributed by atoms with Crippen LogP contribution in [0.3, 0.4) is 0 Å². The molecule has 1 heterocycles. The highest BCUT2D eigenvalue weighted by Crippen LogP contribution is 2.60. The van der Waals surface area contributed by atoms with Gasteiger partial charge in [-0.05, 0) is 44.1 Å². The fourth-order valence-electron chi connectivity index (χ4n) is 3.78. The summed E-state index contributed by atoms with van der Waals surface area (Å²) in [5.74, 6) is 0.0361. The number of carbonyl (C=O) groups excluding carboxylic acids is 2. The van der Waals surface area contributed by atoms with Gasteiger partial charge in [0.2, 0.25) is 0 Å². The van der Waals surface area contributed by atoms with Crippen LogP contribution in [0.25, 0.3) is 0 Å². The third kappa shape index (κ3) is 3.79. The quantitative estimate of drug-likeness (QED) is 0.418. The monoisotopic (exact) mass is 344 g/mol. The van der Waals surface area contributed by atoms with Crippen LogP contribution >= 0.6 is 0 Å². The molecule has 0 radical (unpaired) electrons. The van der Waals surface area contributed by atoms with Crippen LogP contribution in [0.1, 0.15) is 47.5 Å². The van der Waals surface area contributed by atoms with Gasteiger partial charge in [0, 0.05) is 5.57 Å². The lowest BCUT2D eigenvalue weighted by molar-refractivity contribution is -0.150. The minimum atomic E-state index is -0.399. The summed E-state index contributed by atoms with van der Waals surface area (Å²) in [6.45, 7) is 11.0. The van der Waals surface area contributed by atoms with Crippen LogP contribution < -0.4 is 0 Å². The zero-order valence-corrected chi connectivity index (χ0v) is 15.8. The number of hydrogen-bond acceptors (Lipinski definition) is 4. The highest BCUT2D eigenvalue weighted by atomic mass is 16.6. The van der Waals surface area contributed by atoms with Gasteiger partial charge in [-0.2, -0.15) is 0 Å². The summed E-state index contributed by atoms with van der Waals surface area (Å²) in [6, 6.07) is 0. The van der Waals surface area contributed by atoms with Gasteiger partial charge in [-0.1, -0.05) is 37.6 Å². The Bertz CT molecular complexity index is 672. The molecule has 0 aromatic carbocycles. The summed E-state index contributed by atoms with van der Waals surface area (Å²) < 4.78 is 10.9. The molecule has 0 bridgehead atoms. The smallest absolute Gasteiger partial charge is 0.310 e. The molecule has 4 heteroatoms. The highest BCUT2D eigenvalue weighted by Gasteiger charge is 2.61. The standard InChI is InChI=1S/C21H28O4/c1-12(2)9-16-19(21(16,4)5)20(23)25-18-10-17(22)15(13(18)3)8-6-7-14-11-24-14/h6-7,9,14,16,18-19H,8,10-11H2,1-5H3/b7-6+/t14-,16-,18+,19+/m1/s1. The lowest BCUT2D eigenvalue weighted by atomic mass is 10.1. The molecule has 2 aliphatic carbocycles. The molecule has 0 aromatic heterocycles. The Morgan fingerprint density at radius 2 is 2.04 bits per heavy atom. The van der Waals surface area contributed by atoms with Gasteiger partial charge in [-0.25, -0.2) is 0 Å². The zero-order chi connectivity index (χ0) is 18.4. The molecular formula is C21H28O4. The lowest BCUT2D eigenvalue weighted by Crippen LogP contribution is -2.20. The van der Waals surface area contributed by atoms with Crippen LogP contribution in [0.15, 0.2) is 34.9 Å². The van der Waals surface area contributed by atoms with Gasteiger partial charge >= 0.3 is 5.97 Å². The first-order valence-corrected chi connectivity index (χ1v) is 9.08. The molecule has 0 spiro atoms. The second kappa shape index (κ2) is 6.56. The largest absolute Gasteiger partial charge is 0.457 e. The van der Waals surface area contributed by atoms with Crippen molar-refractivity contribution >= 4 is 11.8 Å². The molecule has 3 aliphatic rings. The van der Waals surface area contributed by atoms with Crippen molar-refractivity contribution in [3.8, 4) is 0 Å². The number of ketones is 1. The maximum absolute atomic E-state index is 12.6. The Balaban J connectivity index is 1.62. The van der Waals surface area contributed by atoms with Crippen LogP contribution in [-0.4, -0.2) is 30.6 Å². The first-order valence-electron chi connectivity index (χ1n) is 9.08. The molecular weight excluding hydrogens is 316 g/mol. The number of allylic oxidation sites excluding steroid dienone is 4. The first-order chi connectivity index (χ1) is 11.7. The molecule has 1 aliphatic heterocycles. The van der Waals surface area contributed by atoms with Gasteiger partial charge in [0.15, 0.2) is 5.78 Å². The van der Waals surface area contributed by atoms with Gasteiger partial charge in [0.1, 0.15) is 6.10 Å². The van der Waals surface area contributed by atoms with E-state index in [9.17, 15) is 9.59 Å². The number of carbonyl (C=O) groups is 2. The minimum Gasteiger partial charge on any atom is -0.457 e. The Kier molecular flexibility index (Phi) is 4.76. The average Bonchev–Trinajstić information content (AvgIpc) is 3.38. The van der Waals surface area contributed by atoms with Crippen LogP contribution in [0.4, 0.5) is 0 Å². The van der Waals surface area contributed by atoms with E-state index >= 15 is 0 Å². The summed E-state index contributed by atoms with van der Waals surface area (Å²) in [5.41, 5.74) is 2.83. The minimum absolute atomic E-state index is 0.0651. The zero-order valence-electron chi connectivity index (χ0n) is 15.8. The van der Waals surface area contributed by atoms with Crippen LogP contribution in [0, 0.1) is 17.3 Å². The maximum atomic E-state index is 12.6. The Labute approximate surface area is 150 Å². The molecule has 0 amide bonds. The average molecular weight is 344 g/mol. The molecule has 0 aromatic rings. The van der Waals surface area contributed by atoms with E-state index in [0.717, 1.165) is 17.8 Å². The van der Waals surface area contributed by atoms with E-state index in [1.165, 1.54) is 5.57 Å². The number of ether oxygens (including phenoxy) is 2. The second-order valence-corrected chi connectivity index (χ2v) is 8.29. The number of epoxide rings is 1. The molecule has 0 unspecified atom stereocenters. The maximum Gasteiger partial charge on any atom is 0.310 e. The fourth-order valence-corrected chi connectivity index (χ4v) is 3.78. The predicted octanol–water partition coefficient (Wildman–Crippen LogP) is 3.77.